The third kappa shape index (κ3) is 5.23. The van der Waals surface area contributed by atoms with Gasteiger partial charge in [0, 0.05) is 9.37 Å². The minimum absolute atomic E-state index is 0. The van der Waals surface area contributed by atoms with Crippen molar-refractivity contribution in [3.05, 3.63) is 141 Å². The molecule has 3 aliphatic rings. The van der Waals surface area contributed by atoms with Crippen LogP contribution in [0, 0.1) is 12.2 Å². The van der Waals surface area contributed by atoms with Gasteiger partial charge in [0.05, 0.1) is 0 Å². The van der Waals surface area contributed by atoms with E-state index in [0.29, 0.717) is 5.92 Å². The fraction of sp³-hybridized carbons (Fsp3) is 0.0667. The second kappa shape index (κ2) is 11.8. The van der Waals surface area contributed by atoms with E-state index in [-0.39, 0.29) is 41.5 Å². The van der Waals surface area contributed by atoms with Crippen LogP contribution in [0.2, 0.25) is 0 Å². The van der Waals surface area contributed by atoms with Gasteiger partial charge in [0.2, 0.25) is 0 Å². The second-order valence-electron chi connectivity index (χ2n) is 8.08. The van der Waals surface area contributed by atoms with Crippen LogP contribution < -0.4 is 9.41 Å². The number of allylic oxidation sites excluding steroid dienone is 2. The van der Waals surface area contributed by atoms with Crippen LogP contribution in [-0.2, 0) is 26.2 Å². The van der Waals surface area contributed by atoms with E-state index in [1.807, 2.05) is 17.8 Å². The number of hydrogen-bond acceptors (Lipinski definition) is 1. The molecule has 2 atom stereocenters. The van der Waals surface area contributed by atoms with Crippen LogP contribution in [0.3, 0.4) is 0 Å². The van der Waals surface area contributed by atoms with Crippen molar-refractivity contribution >= 4 is 39.8 Å². The maximum absolute atomic E-state index is 3.62. The van der Waals surface area contributed by atoms with Gasteiger partial charge in [-0.3, -0.25) is 12.2 Å². The first-order valence-electron chi connectivity index (χ1n) is 10.7. The van der Waals surface area contributed by atoms with Gasteiger partial charge < -0.3 is 9.41 Å². The minimum Gasteiger partial charge on any atom is -1.00 e. The molecule has 0 amide bonds. The molecule has 0 aromatic heterocycles. The zero-order valence-electron chi connectivity index (χ0n) is 18.5. The normalized spacial score (nSPS) is 16.8. The van der Waals surface area contributed by atoms with Crippen LogP contribution in [0.1, 0.15) is 45.2 Å². The van der Waals surface area contributed by atoms with Gasteiger partial charge in [0.25, 0.3) is 0 Å². The molecule has 1 heterocycles. The fourth-order valence-corrected chi connectivity index (χ4v) is 6.26. The Kier molecular flexibility index (Phi) is 9.26. The zero-order valence-corrected chi connectivity index (χ0v) is 23.4. The van der Waals surface area contributed by atoms with E-state index < -0.39 is 0 Å². The average molecular weight is 621 g/mol. The predicted molar refractivity (Wildman–Crippen MR) is 137 cm³/mol. The van der Waals surface area contributed by atoms with E-state index in [9.17, 15) is 0 Å². The van der Waals surface area contributed by atoms with Crippen molar-refractivity contribution < 1.29 is 35.6 Å². The Labute approximate surface area is 236 Å². The molecular weight excluding hydrogens is 602 g/mol. The summed E-state index contributed by atoms with van der Waals surface area (Å²) < 4.78 is 1.17. The zero-order chi connectivity index (χ0) is 21.5. The number of fused-ring (bicyclic) bond motifs is 4. The smallest absolute Gasteiger partial charge is 1.00 e. The van der Waals surface area contributed by atoms with Gasteiger partial charge in [0.15, 0.2) is 0 Å². The van der Waals surface area contributed by atoms with E-state index in [1.165, 1.54) is 47.6 Å². The maximum atomic E-state index is 3.62. The van der Waals surface area contributed by atoms with Gasteiger partial charge >= 0.3 is 26.2 Å². The number of halogens is 3. The third-order valence-corrected chi connectivity index (χ3v) is 7.90. The van der Waals surface area contributed by atoms with Crippen molar-refractivity contribution in [2.75, 3.05) is 0 Å². The Balaban J connectivity index is 0.000000180. The first-order chi connectivity index (χ1) is 15.8. The number of benzene rings is 4. The molecule has 0 saturated heterocycles. The third-order valence-electron chi connectivity index (χ3n) is 6.14. The molecule has 2 aliphatic carbocycles. The van der Waals surface area contributed by atoms with Gasteiger partial charge in [-0.05, 0) is 12.1 Å². The molecule has 0 fully saturated rings. The van der Waals surface area contributed by atoms with E-state index in [1.54, 1.807) is 0 Å². The summed E-state index contributed by atoms with van der Waals surface area (Å²) in [7, 11) is 0. The van der Waals surface area contributed by atoms with E-state index in [2.05, 4.69) is 125 Å². The first-order valence-corrected chi connectivity index (χ1v) is 12.3. The molecular formula is C30H19BrF2SZr. The molecule has 170 valence electrons. The molecule has 0 radical (unpaired) electrons. The second-order valence-corrected chi connectivity index (χ2v) is 10.0. The molecule has 6 bridgehead atoms. The van der Waals surface area contributed by atoms with Gasteiger partial charge in [-0.15, -0.1) is 29.0 Å². The molecule has 4 aromatic rings. The summed E-state index contributed by atoms with van der Waals surface area (Å²) in [5.74, 6) is 0.613. The van der Waals surface area contributed by atoms with Crippen molar-refractivity contribution in [1.29, 1.82) is 0 Å². The maximum Gasteiger partial charge on any atom is 4.00 e. The Bertz CT molecular complexity index is 1380. The summed E-state index contributed by atoms with van der Waals surface area (Å²) >= 11 is 5.47. The van der Waals surface area contributed by atoms with Gasteiger partial charge in [0.1, 0.15) is 0 Å². The molecule has 0 nitrogen and oxygen atoms in total. The first kappa shape index (κ1) is 27.5. The molecule has 7 rings (SSSR count). The Morgan fingerprint density at radius 2 is 1.40 bits per heavy atom. The SMILES string of the molecule is Brc1cccc2c1C(c1ccccc1)[C-]=C2.[C-]1=Cc2c3cccc2C1c1cccc(c1)S3.[F-].[F-].[Zr+4]. The molecule has 0 spiro atoms. The van der Waals surface area contributed by atoms with Gasteiger partial charge in [-0.2, -0.15) is 11.1 Å². The topological polar surface area (TPSA) is 0 Å². The fourth-order valence-electron chi connectivity index (χ4n) is 4.62. The largest absolute Gasteiger partial charge is 4.00 e. The minimum atomic E-state index is 0. The Morgan fingerprint density at radius 3 is 2.23 bits per heavy atom. The number of hydrogen-bond donors (Lipinski definition) is 0. The molecule has 2 unspecified atom stereocenters. The molecule has 35 heavy (non-hydrogen) atoms. The van der Waals surface area contributed by atoms with Gasteiger partial charge in [-0.25, -0.2) is 12.2 Å². The Morgan fingerprint density at radius 1 is 0.686 bits per heavy atom. The van der Waals surface area contributed by atoms with Crippen molar-refractivity contribution in [3.63, 3.8) is 0 Å². The molecule has 0 N–H and O–H groups in total. The summed E-state index contributed by atoms with van der Waals surface area (Å²) in [5.41, 5.74) is 8.02. The standard InChI is InChI=1S/C15H10Br.C15H9S.2FH.Zr/c16-14-8-4-7-12-9-10-13(15(12)14)11-5-2-1-3-6-11;1-3-10-9-11(4-1)16-15-6-2-5-13-12(10)7-8-14(13)15;;;/h1-9,13H;1-6,8-9,12H;2*1H;/q2*-1;;;+4/p-2. The molecule has 5 heteroatoms. The summed E-state index contributed by atoms with van der Waals surface area (Å²) in [6, 6.07) is 32.2. The predicted octanol–water partition coefficient (Wildman–Crippen LogP) is 2.53. The van der Waals surface area contributed by atoms with E-state index in [4.69, 9.17) is 0 Å². The summed E-state index contributed by atoms with van der Waals surface area (Å²) in [6.07, 6.45) is 11.1. The van der Waals surface area contributed by atoms with Crippen molar-refractivity contribution in [3.8, 4) is 0 Å². The van der Waals surface area contributed by atoms with Crippen LogP contribution in [-0.4, -0.2) is 0 Å². The molecule has 4 aromatic carbocycles. The Hall–Kier alpha value is -2.07. The van der Waals surface area contributed by atoms with Crippen LogP contribution in [0.15, 0.2) is 105 Å². The van der Waals surface area contributed by atoms with E-state index >= 15 is 0 Å². The quantitative estimate of drug-likeness (QED) is 0.295. The molecule has 1 aliphatic heterocycles. The van der Waals surface area contributed by atoms with Crippen molar-refractivity contribution in [2.24, 2.45) is 0 Å². The summed E-state index contributed by atoms with van der Waals surface area (Å²) in [6.45, 7) is 0. The van der Waals surface area contributed by atoms with E-state index in [0.717, 1.165) is 0 Å². The van der Waals surface area contributed by atoms with Crippen LogP contribution in [0.25, 0.3) is 12.2 Å². The monoisotopic (exact) mass is 618 g/mol. The number of rotatable bonds is 1. The molecule has 0 saturated carbocycles. The van der Waals surface area contributed by atoms with Crippen LogP contribution in [0.5, 0.6) is 0 Å². The van der Waals surface area contributed by atoms with Crippen molar-refractivity contribution in [1.82, 2.24) is 0 Å². The average Bonchev–Trinajstić information content (AvgIpc) is 3.47. The summed E-state index contributed by atoms with van der Waals surface area (Å²) in [4.78, 5) is 2.68. The van der Waals surface area contributed by atoms with Crippen LogP contribution in [0.4, 0.5) is 0 Å². The van der Waals surface area contributed by atoms with Gasteiger partial charge in [-0.1, -0.05) is 117 Å². The summed E-state index contributed by atoms with van der Waals surface area (Å²) in [5, 5.41) is 0. The van der Waals surface area contributed by atoms with Crippen molar-refractivity contribution in [2.45, 2.75) is 21.6 Å². The van der Waals surface area contributed by atoms with Crippen LogP contribution >= 0.6 is 27.7 Å².